The Bertz CT molecular complexity index is 347. The predicted octanol–water partition coefficient (Wildman–Crippen LogP) is 2.21. The number of benzene rings is 1. The van der Waals surface area contributed by atoms with E-state index in [0.29, 0.717) is 16.5 Å². The maximum Gasteiger partial charge on any atom is 0.200 e. The molecule has 70 valence electrons. The zero-order valence-corrected chi connectivity index (χ0v) is 8.37. The molecule has 0 saturated carbocycles. The van der Waals surface area contributed by atoms with Gasteiger partial charge in [-0.1, -0.05) is 22.5 Å². The van der Waals surface area contributed by atoms with Gasteiger partial charge in [-0.2, -0.15) is 0 Å². The van der Waals surface area contributed by atoms with Gasteiger partial charge in [0, 0.05) is 10.9 Å². The number of allylic oxidation sites excluding steroid dienone is 1. The highest BCUT2D eigenvalue weighted by molar-refractivity contribution is 9.09. The Morgan fingerprint density at radius 2 is 1.85 bits per heavy atom. The Morgan fingerprint density at radius 3 is 2.38 bits per heavy atom. The van der Waals surface area contributed by atoms with Crippen molar-refractivity contribution in [3.63, 3.8) is 0 Å². The largest absolute Gasteiger partial charge is 0.504 e. The number of phenolic OH excluding ortho intramolecular Hbond substituents is 3. The molecule has 0 aromatic heterocycles. The molecule has 0 saturated heterocycles. The number of hydrogen-bond donors (Lipinski definition) is 3. The number of phenols is 3. The van der Waals surface area contributed by atoms with E-state index in [1.165, 1.54) is 12.1 Å². The van der Waals surface area contributed by atoms with E-state index in [-0.39, 0.29) is 11.5 Å². The molecule has 0 spiro atoms. The van der Waals surface area contributed by atoms with Crippen LogP contribution in [-0.2, 0) is 0 Å². The molecule has 0 bridgehead atoms. The summed E-state index contributed by atoms with van der Waals surface area (Å²) in [5.41, 5.74) is 1.06. The van der Waals surface area contributed by atoms with Crippen molar-refractivity contribution in [3.8, 4) is 17.2 Å². The first kappa shape index (κ1) is 9.92. The lowest BCUT2D eigenvalue weighted by molar-refractivity contribution is 0.367. The van der Waals surface area contributed by atoms with Gasteiger partial charge in [0.2, 0.25) is 5.75 Å². The summed E-state index contributed by atoms with van der Waals surface area (Å²) in [5.74, 6) is -1.20. The number of aromatic hydroxyl groups is 3. The molecule has 3 N–H and O–H groups in total. The second-order valence-corrected chi connectivity index (χ2v) is 3.13. The third-order valence-electron chi connectivity index (χ3n) is 1.67. The van der Waals surface area contributed by atoms with Crippen LogP contribution in [0.5, 0.6) is 17.2 Å². The smallest absolute Gasteiger partial charge is 0.200 e. The first-order chi connectivity index (χ1) is 6.07. The highest BCUT2D eigenvalue weighted by Crippen LogP contribution is 2.39. The summed E-state index contributed by atoms with van der Waals surface area (Å²) in [7, 11) is 0. The van der Waals surface area contributed by atoms with Crippen molar-refractivity contribution in [1.29, 1.82) is 0 Å². The number of halogens is 1. The van der Waals surface area contributed by atoms with E-state index in [2.05, 4.69) is 22.5 Å². The fraction of sp³-hybridized carbons (Fsp3) is 0.111. The molecule has 1 aromatic carbocycles. The van der Waals surface area contributed by atoms with Crippen LogP contribution >= 0.6 is 15.9 Å². The molecule has 1 aromatic rings. The van der Waals surface area contributed by atoms with E-state index >= 15 is 0 Å². The third-order valence-corrected chi connectivity index (χ3v) is 2.35. The molecule has 0 unspecified atom stereocenters. The molecule has 3 nitrogen and oxygen atoms in total. The average Bonchev–Trinajstić information content (AvgIpc) is 2.13. The molecule has 4 heteroatoms. The lowest BCUT2D eigenvalue weighted by atomic mass is 10.1. The summed E-state index contributed by atoms with van der Waals surface area (Å²) >= 11 is 3.17. The molecule has 13 heavy (non-hydrogen) atoms. The topological polar surface area (TPSA) is 60.7 Å². The molecule has 0 fully saturated rings. The Balaban J connectivity index is 3.26. The van der Waals surface area contributed by atoms with Gasteiger partial charge in [-0.15, -0.1) is 0 Å². The van der Waals surface area contributed by atoms with Gasteiger partial charge >= 0.3 is 0 Å². The van der Waals surface area contributed by atoms with Crippen molar-refractivity contribution < 1.29 is 15.3 Å². The zero-order chi connectivity index (χ0) is 10.0. The number of rotatable bonds is 2. The minimum atomic E-state index is -0.514. The second kappa shape index (κ2) is 3.70. The van der Waals surface area contributed by atoms with Crippen molar-refractivity contribution >= 4 is 21.5 Å². The zero-order valence-electron chi connectivity index (χ0n) is 6.79. The SMILES string of the molecule is C=C(CBr)c1ccc(O)c(O)c1O. The maximum absolute atomic E-state index is 9.39. The van der Waals surface area contributed by atoms with Gasteiger partial charge in [-0.3, -0.25) is 0 Å². The van der Waals surface area contributed by atoms with Crippen LogP contribution in [0.25, 0.3) is 5.57 Å². The summed E-state index contributed by atoms with van der Waals surface area (Å²) in [6.07, 6.45) is 0. The Labute approximate surface area is 84.1 Å². The molecule has 0 aliphatic heterocycles. The van der Waals surface area contributed by atoms with E-state index in [1.54, 1.807) is 0 Å². The van der Waals surface area contributed by atoms with E-state index in [1.807, 2.05) is 0 Å². The standard InChI is InChI=1S/C9H9BrO3/c1-5(4-10)6-2-3-7(11)9(13)8(6)12/h2-3,11-13H,1,4H2. The molecule has 0 aliphatic carbocycles. The van der Waals surface area contributed by atoms with E-state index in [4.69, 9.17) is 5.11 Å². The Hall–Kier alpha value is -1.16. The van der Waals surface area contributed by atoms with Crippen molar-refractivity contribution in [1.82, 2.24) is 0 Å². The molecule has 1 rings (SSSR count). The van der Waals surface area contributed by atoms with Gasteiger partial charge in [0.25, 0.3) is 0 Å². The van der Waals surface area contributed by atoms with Gasteiger partial charge < -0.3 is 15.3 Å². The first-order valence-corrected chi connectivity index (χ1v) is 4.68. The number of hydrogen-bond acceptors (Lipinski definition) is 3. The molecular weight excluding hydrogens is 236 g/mol. The fourth-order valence-electron chi connectivity index (χ4n) is 0.926. The quantitative estimate of drug-likeness (QED) is 0.553. The molecule has 0 heterocycles. The van der Waals surface area contributed by atoms with Crippen molar-refractivity contribution in [2.45, 2.75) is 0 Å². The summed E-state index contributed by atoms with van der Waals surface area (Å²) < 4.78 is 0. The lowest BCUT2D eigenvalue weighted by Gasteiger charge is -2.07. The van der Waals surface area contributed by atoms with E-state index < -0.39 is 5.75 Å². The molecular formula is C9H9BrO3. The highest BCUT2D eigenvalue weighted by Gasteiger charge is 2.12. The van der Waals surface area contributed by atoms with Crippen LogP contribution in [0.4, 0.5) is 0 Å². The second-order valence-electron chi connectivity index (χ2n) is 2.57. The highest BCUT2D eigenvalue weighted by atomic mass is 79.9. The van der Waals surface area contributed by atoms with Crippen molar-refractivity contribution in [2.75, 3.05) is 5.33 Å². The lowest BCUT2D eigenvalue weighted by Crippen LogP contribution is -1.85. The van der Waals surface area contributed by atoms with Gasteiger partial charge in [-0.25, -0.2) is 0 Å². The van der Waals surface area contributed by atoms with Gasteiger partial charge in [0.1, 0.15) is 0 Å². The van der Waals surface area contributed by atoms with Crippen LogP contribution in [0.15, 0.2) is 18.7 Å². The third kappa shape index (κ3) is 1.78. The summed E-state index contributed by atoms with van der Waals surface area (Å²) in [6, 6.07) is 2.80. The summed E-state index contributed by atoms with van der Waals surface area (Å²) in [6.45, 7) is 3.68. The van der Waals surface area contributed by atoms with Gasteiger partial charge in [0.15, 0.2) is 11.5 Å². The van der Waals surface area contributed by atoms with Crippen LogP contribution in [0.1, 0.15) is 5.56 Å². The van der Waals surface area contributed by atoms with Crippen molar-refractivity contribution in [3.05, 3.63) is 24.3 Å². The summed E-state index contributed by atoms with van der Waals surface area (Å²) in [4.78, 5) is 0. The first-order valence-electron chi connectivity index (χ1n) is 3.56. The van der Waals surface area contributed by atoms with E-state index in [9.17, 15) is 10.2 Å². The van der Waals surface area contributed by atoms with Crippen molar-refractivity contribution in [2.24, 2.45) is 0 Å². The maximum atomic E-state index is 9.39. The van der Waals surface area contributed by atoms with Crippen LogP contribution in [0.2, 0.25) is 0 Å². The summed E-state index contributed by atoms with van der Waals surface area (Å²) in [5, 5.41) is 28.1. The van der Waals surface area contributed by atoms with E-state index in [0.717, 1.165) is 0 Å². The fourth-order valence-corrected chi connectivity index (χ4v) is 1.23. The van der Waals surface area contributed by atoms with Gasteiger partial charge in [-0.05, 0) is 17.7 Å². The molecule has 0 aliphatic rings. The number of alkyl halides is 1. The Morgan fingerprint density at radius 1 is 1.23 bits per heavy atom. The van der Waals surface area contributed by atoms with Crippen LogP contribution in [0, 0.1) is 0 Å². The van der Waals surface area contributed by atoms with Crippen LogP contribution in [-0.4, -0.2) is 20.6 Å². The minimum Gasteiger partial charge on any atom is -0.504 e. The average molecular weight is 245 g/mol. The predicted molar refractivity (Wildman–Crippen MR) is 54.3 cm³/mol. The molecule has 0 amide bonds. The van der Waals surface area contributed by atoms with Crippen LogP contribution < -0.4 is 0 Å². The normalized spacial score (nSPS) is 9.92. The van der Waals surface area contributed by atoms with Crippen LogP contribution in [0.3, 0.4) is 0 Å². The monoisotopic (exact) mass is 244 g/mol. The molecule has 0 atom stereocenters. The Kier molecular flexibility index (Phi) is 2.83. The van der Waals surface area contributed by atoms with Gasteiger partial charge in [0.05, 0.1) is 0 Å². The molecule has 0 radical (unpaired) electrons. The minimum absolute atomic E-state index is 0.343.